The molecular weight excluding hydrogens is 110 g/mol. The van der Waals surface area contributed by atoms with Gasteiger partial charge < -0.3 is 5.73 Å². The van der Waals surface area contributed by atoms with E-state index in [2.05, 4.69) is 27.7 Å². The van der Waals surface area contributed by atoms with Crippen LogP contribution in [0, 0.1) is 11.8 Å². The van der Waals surface area contributed by atoms with Gasteiger partial charge in [0.2, 0.25) is 0 Å². The Balaban J connectivity index is 3.58. The van der Waals surface area contributed by atoms with Gasteiger partial charge in [-0.25, -0.2) is 0 Å². The van der Waals surface area contributed by atoms with Crippen molar-refractivity contribution in [2.75, 3.05) is 0 Å². The first-order valence-corrected chi connectivity index (χ1v) is 3.85. The number of nitrogens with two attached hydrogens (primary N) is 1. The largest absolute Gasteiger partial charge is 0.327 e. The molecule has 0 aromatic carbocycles. The van der Waals surface area contributed by atoms with E-state index in [9.17, 15) is 0 Å². The van der Waals surface area contributed by atoms with Gasteiger partial charge in [-0.15, -0.1) is 0 Å². The Kier molecular flexibility index (Phi) is 3.87. The van der Waals surface area contributed by atoms with Crippen molar-refractivity contribution in [1.82, 2.24) is 0 Å². The Labute approximate surface area is 58.6 Å². The molecule has 0 fully saturated rings. The molecule has 0 aromatic heterocycles. The Morgan fingerprint density at radius 2 is 1.67 bits per heavy atom. The number of hydrogen-bond donors (Lipinski definition) is 1. The summed E-state index contributed by atoms with van der Waals surface area (Å²) in [5, 5.41) is 0. The quantitative estimate of drug-likeness (QED) is 0.620. The molecule has 0 amide bonds. The average Bonchev–Trinajstić information content (AvgIpc) is 1.84. The summed E-state index contributed by atoms with van der Waals surface area (Å²) in [6.07, 6.45) is 1.19. The highest BCUT2D eigenvalue weighted by molar-refractivity contribution is 4.70. The van der Waals surface area contributed by atoms with Crippen molar-refractivity contribution >= 4 is 0 Å². The van der Waals surface area contributed by atoms with Crippen LogP contribution in [0.4, 0.5) is 0 Å². The van der Waals surface area contributed by atoms with Gasteiger partial charge in [0.05, 0.1) is 0 Å². The van der Waals surface area contributed by atoms with Gasteiger partial charge in [-0.05, 0) is 11.8 Å². The Morgan fingerprint density at radius 1 is 1.22 bits per heavy atom. The lowest BCUT2D eigenvalue weighted by molar-refractivity contribution is 0.356. The minimum absolute atomic E-state index is 0.384. The molecule has 0 spiro atoms. The summed E-state index contributed by atoms with van der Waals surface area (Å²) in [7, 11) is 0. The highest BCUT2D eigenvalue weighted by Gasteiger charge is 2.13. The minimum Gasteiger partial charge on any atom is -0.327 e. The van der Waals surface area contributed by atoms with Crippen molar-refractivity contribution in [3.63, 3.8) is 0 Å². The first kappa shape index (κ1) is 8.96. The molecular formula is C8H19N. The maximum absolute atomic E-state index is 5.87. The van der Waals surface area contributed by atoms with Gasteiger partial charge in [0.25, 0.3) is 0 Å². The van der Waals surface area contributed by atoms with Crippen LogP contribution in [0.25, 0.3) is 0 Å². The topological polar surface area (TPSA) is 26.0 Å². The van der Waals surface area contributed by atoms with E-state index in [1.54, 1.807) is 0 Å². The van der Waals surface area contributed by atoms with Crippen LogP contribution in [-0.4, -0.2) is 6.04 Å². The number of rotatable bonds is 3. The molecule has 0 saturated heterocycles. The molecule has 2 N–H and O–H groups in total. The average molecular weight is 129 g/mol. The first-order chi connectivity index (χ1) is 4.09. The zero-order chi connectivity index (χ0) is 7.44. The highest BCUT2D eigenvalue weighted by atomic mass is 14.7. The standard InChI is InChI=1S/C8H19N/c1-5-7(4)8(9)6(2)3/h6-8H,5,9H2,1-4H3/t7-,8-/m0/s1. The third-order valence-corrected chi connectivity index (χ3v) is 2.07. The van der Waals surface area contributed by atoms with E-state index in [4.69, 9.17) is 5.73 Å². The van der Waals surface area contributed by atoms with Crippen LogP contribution in [-0.2, 0) is 0 Å². The maximum atomic E-state index is 5.87. The zero-order valence-electron chi connectivity index (χ0n) is 7.02. The summed E-state index contributed by atoms with van der Waals surface area (Å²) in [6.45, 7) is 8.76. The lowest BCUT2D eigenvalue weighted by Crippen LogP contribution is -2.32. The van der Waals surface area contributed by atoms with Crippen LogP contribution >= 0.6 is 0 Å². The Morgan fingerprint density at radius 3 is 1.78 bits per heavy atom. The lowest BCUT2D eigenvalue weighted by Gasteiger charge is -2.21. The van der Waals surface area contributed by atoms with E-state index in [1.165, 1.54) is 6.42 Å². The third-order valence-electron chi connectivity index (χ3n) is 2.07. The van der Waals surface area contributed by atoms with Crippen molar-refractivity contribution < 1.29 is 0 Å². The van der Waals surface area contributed by atoms with Crippen LogP contribution in [0.5, 0.6) is 0 Å². The van der Waals surface area contributed by atoms with Gasteiger partial charge in [0.15, 0.2) is 0 Å². The normalized spacial score (nSPS) is 18.0. The predicted octanol–water partition coefficient (Wildman–Crippen LogP) is 2.02. The molecule has 0 heterocycles. The van der Waals surface area contributed by atoms with Crippen LogP contribution in [0.1, 0.15) is 34.1 Å². The molecule has 0 saturated carbocycles. The summed E-state index contributed by atoms with van der Waals surface area (Å²) in [6, 6.07) is 0.384. The molecule has 9 heavy (non-hydrogen) atoms. The van der Waals surface area contributed by atoms with Gasteiger partial charge in [0.1, 0.15) is 0 Å². The Bertz CT molecular complexity index is 69.0. The van der Waals surface area contributed by atoms with Gasteiger partial charge in [-0.1, -0.05) is 34.1 Å². The molecule has 0 unspecified atom stereocenters. The molecule has 0 rings (SSSR count). The van der Waals surface area contributed by atoms with Crippen molar-refractivity contribution in [3.05, 3.63) is 0 Å². The second-order valence-electron chi connectivity index (χ2n) is 3.21. The lowest BCUT2D eigenvalue weighted by atomic mass is 9.91. The molecule has 56 valence electrons. The summed E-state index contributed by atoms with van der Waals surface area (Å²) in [5.41, 5.74) is 5.87. The van der Waals surface area contributed by atoms with E-state index >= 15 is 0 Å². The van der Waals surface area contributed by atoms with E-state index in [-0.39, 0.29) is 0 Å². The zero-order valence-corrected chi connectivity index (χ0v) is 7.02. The van der Waals surface area contributed by atoms with Crippen molar-refractivity contribution in [2.24, 2.45) is 17.6 Å². The van der Waals surface area contributed by atoms with Crippen LogP contribution in [0.2, 0.25) is 0 Å². The van der Waals surface area contributed by atoms with Gasteiger partial charge in [0, 0.05) is 6.04 Å². The van der Waals surface area contributed by atoms with E-state index in [0.717, 1.165) is 0 Å². The summed E-state index contributed by atoms with van der Waals surface area (Å²) < 4.78 is 0. The third kappa shape index (κ3) is 2.85. The Hall–Kier alpha value is -0.0400. The van der Waals surface area contributed by atoms with Gasteiger partial charge in [-0.2, -0.15) is 0 Å². The predicted molar refractivity (Wildman–Crippen MR) is 42.3 cm³/mol. The minimum atomic E-state index is 0.384. The molecule has 1 heteroatoms. The summed E-state index contributed by atoms with van der Waals surface area (Å²) in [5.74, 6) is 1.30. The molecule has 0 aliphatic carbocycles. The van der Waals surface area contributed by atoms with Gasteiger partial charge >= 0.3 is 0 Å². The van der Waals surface area contributed by atoms with Crippen LogP contribution in [0.15, 0.2) is 0 Å². The highest BCUT2D eigenvalue weighted by Crippen LogP contribution is 2.12. The van der Waals surface area contributed by atoms with E-state index in [1.807, 2.05) is 0 Å². The second-order valence-corrected chi connectivity index (χ2v) is 3.21. The maximum Gasteiger partial charge on any atom is 0.00876 e. The smallest absolute Gasteiger partial charge is 0.00876 e. The fraction of sp³-hybridized carbons (Fsp3) is 1.00. The molecule has 0 aliphatic rings. The monoisotopic (exact) mass is 129 g/mol. The number of hydrogen-bond acceptors (Lipinski definition) is 1. The second kappa shape index (κ2) is 3.89. The first-order valence-electron chi connectivity index (χ1n) is 3.85. The van der Waals surface area contributed by atoms with Crippen LogP contribution < -0.4 is 5.73 Å². The molecule has 0 radical (unpaired) electrons. The van der Waals surface area contributed by atoms with E-state index < -0.39 is 0 Å². The molecule has 0 bridgehead atoms. The van der Waals surface area contributed by atoms with Crippen molar-refractivity contribution in [2.45, 2.75) is 40.2 Å². The fourth-order valence-electron chi connectivity index (χ4n) is 0.929. The summed E-state index contributed by atoms with van der Waals surface area (Å²) >= 11 is 0. The molecule has 1 nitrogen and oxygen atoms in total. The molecule has 2 atom stereocenters. The molecule has 0 aliphatic heterocycles. The molecule has 0 aromatic rings. The van der Waals surface area contributed by atoms with Crippen molar-refractivity contribution in [3.8, 4) is 0 Å². The SMILES string of the molecule is CC[C@H](C)[C@@H](N)C(C)C. The summed E-state index contributed by atoms with van der Waals surface area (Å²) in [4.78, 5) is 0. The van der Waals surface area contributed by atoms with Crippen LogP contribution in [0.3, 0.4) is 0 Å². The van der Waals surface area contributed by atoms with E-state index in [0.29, 0.717) is 17.9 Å². The van der Waals surface area contributed by atoms with Crippen molar-refractivity contribution in [1.29, 1.82) is 0 Å². The van der Waals surface area contributed by atoms with Gasteiger partial charge in [-0.3, -0.25) is 0 Å². The fourth-order valence-corrected chi connectivity index (χ4v) is 0.929.